The van der Waals surface area contributed by atoms with Crippen LogP contribution < -0.4 is 5.32 Å². The lowest BCUT2D eigenvalue weighted by Gasteiger charge is -2.22. The van der Waals surface area contributed by atoms with E-state index in [0.717, 1.165) is 12.5 Å². The molecule has 0 amide bonds. The molecule has 0 aliphatic carbocycles. The van der Waals surface area contributed by atoms with Gasteiger partial charge < -0.3 is 10.1 Å². The zero-order valence-electron chi connectivity index (χ0n) is 14.4. The minimum atomic E-state index is -4.66. The van der Waals surface area contributed by atoms with Crippen molar-refractivity contribution in [3.05, 3.63) is 58.1 Å². The smallest absolute Gasteiger partial charge is 0.418 e. The van der Waals surface area contributed by atoms with Crippen LogP contribution in [0.15, 0.2) is 36.4 Å². The highest BCUT2D eigenvalue weighted by Crippen LogP contribution is 2.42. The van der Waals surface area contributed by atoms with E-state index >= 15 is 0 Å². The Kier molecular flexibility index (Phi) is 6.67. The van der Waals surface area contributed by atoms with E-state index in [-0.39, 0.29) is 12.1 Å². The fourth-order valence-electron chi connectivity index (χ4n) is 2.71. The summed E-state index contributed by atoms with van der Waals surface area (Å²) in [5.41, 5.74) is 0.635. The first-order valence-corrected chi connectivity index (χ1v) is 8.44. The average molecular weight is 386 g/mol. The molecule has 0 saturated carbocycles. The van der Waals surface area contributed by atoms with Gasteiger partial charge in [0.25, 0.3) is 0 Å². The van der Waals surface area contributed by atoms with Crippen molar-refractivity contribution in [2.45, 2.75) is 33.2 Å². The molecule has 0 heterocycles. The lowest BCUT2D eigenvalue weighted by Crippen LogP contribution is -2.20. The molecule has 3 nitrogen and oxygen atoms in total. The summed E-state index contributed by atoms with van der Waals surface area (Å²) in [6.45, 7) is 3.28. The lowest BCUT2D eigenvalue weighted by atomic mass is 9.91. The van der Waals surface area contributed by atoms with Crippen LogP contribution in [0.3, 0.4) is 0 Å². The Morgan fingerprint density at radius 2 is 1.85 bits per heavy atom. The first kappa shape index (κ1) is 20.3. The summed E-state index contributed by atoms with van der Waals surface area (Å²) in [4.78, 5) is 11.2. The molecular formula is C19H19ClF3NO2. The zero-order chi connectivity index (χ0) is 19.3. The van der Waals surface area contributed by atoms with Gasteiger partial charge in [-0.1, -0.05) is 48.9 Å². The third kappa shape index (κ3) is 4.77. The molecule has 2 rings (SSSR count). The van der Waals surface area contributed by atoms with E-state index in [2.05, 4.69) is 5.32 Å². The zero-order valence-corrected chi connectivity index (χ0v) is 15.2. The number of halogens is 4. The van der Waals surface area contributed by atoms with E-state index in [0.29, 0.717) is 17.7 Å². The SMILES string of the molecule is CCNCc1c(-c2ccccc2)cc(Cl)c(C(F)(F)F)c1COC(C)=O. The van der Waals surface area contributed by atoms with Crippen LogP contribution in [-0.4, -0.2) is 12.5 Å². The van der Waals surface area contributed by atoms with Crippen LogP contribution in [0.1, 0.15) is 30.5 Å². The minimum absolute atomic E-state index is 0.125. The number of carbonyl (C=O) groups excluding carboxylic acids is 1. The highest BCUT2D eigenvalue weighted by Gasteiger charge is 2.38. The molecular weight excluding hydrogens is 367 g/mol. The first-order valence-electron chi connectivity index (χ1n) is 8.06. The van der Waals surface area contributed by atoms with E-state index in [1.165, 1.54) is 6.07 Å². The summed E-state index contributed by atoms with van der Waals surface area (Å²) >= 11 is 6.01. The monoisotopic (exact) mass is 385 g/mol. The van der Waals surface area contributed by atoms with Crippen LogP contribution in [0.4, 0.5) is 13.2 Å². The molecule has 0 aliphatic rings. The minimum Gasteiger partial charge on any atom is -0.461 e. The number of rotatable bonds is 6. The molecule has 26 heavy (non-hydrogen) atoms. The van der Waals surface area contributed by atoms with Crippen LogP contribution in [-0.2, 0) is 28.9 Å². The van der Waals surface area contributed by atoms with Gasteiger partial charge in [0.15, 0.2) is 0 Å². The van der Waals surface area contributed by atoms with Crippen molar-refractivity contribution < 1.29 is 22.7 Å². The quantitative estimate of drug-likeness (QED) is 0.695. The second-order valence-electron chi connectivity index (χ2n) is 5.66. The molecule has 0 saturated heterocycles. The van der Waals surface area contributed by atoms with Crippen LogP contribution >= 0.6 is 11.6 Å². The van der Waals surface area contributed by atoms with Gasteiger partial charge in [0.1, 0.15) is 6.61 Å². The number of carbonyl (C=O) groups is 1. The van der Waals surface area contributed by atoms with Gasteiger partial charge in [0.05, 0.1) is 10.6 Å². The Balaban J connectivity index is 2.74. The van der Waals surface area contributed by atoms with Gasteiger partial charge in [-0.3, -0.25) is 4.79 Å². The van der Waals surface area contributed by atoms with Gasteiger partial charge in [-0.25, -0.2) is 0 Å². The van der Waals surface area contributed by atoms with Crippen molar-refractivity contribution >= 4 is 17.6 Å². The maximum atomic E-state index is 13.6. The molecule has 0 bridgehead atoms. The van der Waals surface area contributed by atoms with E-state index in [1.807, 2.05) is 13.0 Å². The molecule has 2 aromatic rings. The lowest BCUT2D eigenvalue weighted by molar-refractivity contribution is -0.145. The van der Waals surface area contributed by atoms with Crippen LogP contribution in [0, 0.1) is 0 Å². The van der Waals surface area contributed by atoms with Crippen LogP contribution in [0.25, 0.3) is 11.1 Å². The molecule has 1 N–H and O–H groups in total. The number of hydrogen-bond acceptors (Lipinski definition) is 3. The van der Waals surface area contributed by atoms with Crippen molar-refractivity contribution in [3.8, 4) is 11.1 Å². The second-order valence-corrected chi connectivity index (χ2v) is 6.07. The topological polar surface area (TPSA) is 38.3 Å². The van der Waals surface area contributed by atoms with Crippen molar-refractivity contribution in [2.24, 2.45) is 0 Å². The maximum absolute atomic E-state index is 13.6. The maximum Gasteiger partial charge on any atom is 0.418 e. The fraction of sp³-hybridized carbons (Fsp3) is 0.316. The predicted molar refractivity (Wildman–Crippen MR) is 94.7 cm³/mol. The van der Waals surface area contributed by atoms with Crippen molar-refractivity contribution in [3.63, 3.8) is 0 Å². The Labute approximate surface area is 155 Å². The van der Waals surface area contributed by atoms with Gasteiger partial charge in [-0.2, -0.15) is 13.2 Å². The Hall–Kier alpha value is -2.05. The average Bonchev–Trinajstić information content (AvgIpc) is 2.57. The molecule has 7 heteroatoms. The van der Waals surface area contributed by atoms with E-state index < -0.39 is 29.3 Å². The highest BCUT2D eigenvalue weighted by atomic mass is 35.5. The molecule has 0 unspecified atom stereocenters. The summed E-state index contributed by atoms with van der Waals surface area (Å²) in [6, 6.07) is 10.3. The third-order valence-electron chi connectivity index (χ3n) is 3.84. The number of nitrogens with one attached hydrogen (secondary N) is 1. The summed E-state index contributed by atoms with van der Waals surface area (Å²) in [5, 5.41) is 2.63. The first-order chi connectivity index (χ1) is 12.3. The van der Waals surface area contributed by atoms with Crippen molar-refractivity contribution in [2.75, 3.05) is 6.54 Å². The number of alkyl halides is 3. The van der Waals surface area contributed by atoms with E-state index in [4.69, 9.17) is 16.3 Å². The second kappa shape index (κ2) is 8.56. The molecule has 0 aromatic heterocycles. The van der Waals surface area contributed by atoms with E-state index in [9.17, 15) is 18.0 Å². The van der Waals surface area contributed by atoms with Gasteiger partial charge >= 0.3 is 12.1 Å². The molecule has 0 spiro atoms. The number of hydrogen-bond donors (Lipinski definition) is 1. The van der Waals surface area contributed by atoms with Gasteiger partial charge in [0, 0.05) is 19.0 Å². The summed E-state index contributed by atoms with van der Waals surface area (Å²) in [7, 11) is 0. The molecule has 0 aliphatic heterocycles. The summed E-state index contributed by atoms with van der Waals surface area (Å²) in [5.74, 6) is -0.659. The van der Waals surface area contributed by atoms with Crippen molar-refractivity contribution in [1.29, 1.82) is 0 Å². The predicted octanol–water partition coefficient (Wildman–Crippen LogP) is 5.20. The van der Waals surface area contributed by atoms with E-state index in [1.54, 1.807) is 24.3 Å². The molecule has 140 valence electrons. The van der Waals surface area contributed by atoms with Crippen LogP contribution in [0.5, 0.6) is 0 Å². The standard InChI is InChI=1S/C19H19ClF3NO2/c1-3-24-10-15-14(13-7-5-4-6-8-13)9-17(20)18(19(21,22)23)16(15)11-26-12(2)25/h4-9,24H,3,10-11H2,1-2H3. The molecule has 0 radical (unpaired) electrons. The Morgan fingerprint density at radius 1 is 1.19 bits per heavy atom. The van der Waals surface area contributed by atoms with Gasteiger partial charge in [-0.15, -0.1) is 0 Å². The molecule has 0 atom stereocenters. The molecule has 2 aromatic carbocycles. The summed E-state index contributed by atoms with van der Waals surface area (Å²) in [6.07, 6.45) is -4.66. The largest absolute Gasteiger partial charge is 0.461 e. The Morgan fingerprint density at radius 3 is 2.38 bits per heavy atom. The van der Waals surface area contributed by atoms with Crippen molar-refractivity contribution in [1.82, 2.24) is 5.32 Å². The molecule has 0 fully saturated rings. The summed E-state index contributed by atoms with van der Waals surface area (Å²) < 4.78 is 45.8. The number of ether oxygens (including phenoxy) is 1. The highest BCUT2D eigenvalue weighted by molar-refractivity contribution is 6.32. The third-order valence-corrected chi connectivity index (χ3v) is 4.14. The van der Waals surface area contributed by atoms with Gasteiger partial charge in [-0.05, 0) is 29.3 Å². The normalized spacial score (nSPS) is 11.5. The van der Waals surface area contributed by atoms with Gasteiger partial charge in [0.2, 0.25) is 0 Å². The van der Waals surface area contributed by atoms with Crippen LogP contribution in [0.2, 0.25) is 5.02 Å². The fourth-order valence-corrected chi connectivity index (χ4v) is 3.04. The Bertz CT molecular complexity index is 777. The number of esters is 1. The number of benzene rings is 2.